The Bertz CT molecular complexity index is 680. The predicted molar refractivity (Wildman–Crippen MR) is 101 cm³/mol. The third-order valence-corrected chi connectivity index (χ3v) is 6.68. The zero-order valence-electron chi connectivity index (χ0n) is 15.8. The molecule has 0 bridgehead atoms. The first-order valence-electron chi connectivity index (χ1n) is 10.3. The fourth-order valence-corrected chi connectivity index (χ4v) is 5.18. The van der Waals surface area contributed by atoms with Gasteiger partial charge in [0.1, 0.15) is 11.9 Å². The number of hydrogen-bond acceptors (Lipinski definition) is 7. The van der Waals surface area contributed by atoms with Crippen LogP contribution >= 0.6 is 0 Å². The molecule has 5 rings (SSSR count). The summed E-state index contributed by atoms with van der Waals surface area (Å²) in [7, 11) is 0. The number of nitrogens with zero attached hydrogens (tertiary/aromatic N) is 1. The van der Waals surface area contributed by atoms with Gasteiger partial charge in [0.05, 0.1) is 5.56 Å². The van der Waals surface area contributed by atoms with Crippen molar-refractivity contribution in [2.45, 2.75) is 62.9 Å². The van der Waals surface area contributed by atoms with E-state index in [0.717, 1.165) is 56.7 Å². The van der Waals surface area contributed by atoms with Crippen LogP contribution in [0.15, 0.2) is 0 Å². The third-order valence-electron chi connectivity index (χ3n) is 6.68. The molecule has 148 valence electrons. The maximum atomic E-state index is 13.0. The SMILES string of the molecule is Cc1[nH]nc(C2NC3CC4CNNC4CC3N2)c1C(=O)NC1CCNCC1. The van der Waals surface area contributed by atoms with Crippen molar-refractivity contribution in [3.05, 3.63) is 17.0 Å². The quantitative estimate of drug-likeness (QED) is 0.363. The van der Waals surface area contributed by atoms with Crippen LogP contribution in [0.1, 0.15) is 53.6 Å². The van der Waals surface area contributed by atoms with E-state index in [0.29, 0.717) is 29.6 Å². The average molecular weight is 374 g/mol. The summed E-state index contributed by atoms with van der Waals surface area (Å²) in [5.41, 5.74) is 9.00. The summed E-state index contributed by atoms with van der Waals surface area (Å²) in [4.78, 5) is 13.0. The summed E-state index contributed by atoms with van der Waals surface area (Å²) in [6.07, 6.45) is 4.10. The smallest absolute Gasteiger partial charge is 0.255 e. The molecule has 4 fully saturated rings. The van der Waals surface area contributed by atoms with Gasteiger partial charge in [0.25, 0.3) is 5.91 Å². The Hall–Kier alpha value is -1.52. The topological polar surface area (TPSA) is 118 Å². The van der Waals surface area contributed by atoms with Crippen LogP contribution in [-0.4, -0.2) is 59.9 Å². The van der Waals surface area contributed by atoms with Gasteiger partial charge in [0.15, 0.2) is 0 Å². The van der Waals surface area contributed by atoms with Gasteiger partial charge in [-0.05, 0) is 51.6 Å². The van der Waals surface area contributed by atoms with Crippen molar-refractivity contribution in [3.63, 3.8) is 0 Å². The van der Waals surface area contributed by atoms with Gasteiger partial charge in [0.2, 0.25) is 0 Å². The minimum atomic E-state index is -0.0782. The lowest BCUT2D eigenvalue weighted by atomic mass is 9.80. The van der Waals surface area contributed by atoms with Crippen LogP contribution in [0.25, 0.3) is 0 Å². The number of carbonyl (C=O) groups is 1. The molecule has 1 aliphatic carbocycles. The summed E-state index contributed by atoms with van der Waals surface area (Å²) in [6.45, 7) is 4.88. The molecule has 1 saturated carbocycles. The standard InChI is InChI=1S/C18H30N8O/c1-9-15(18(27)21-11-2-4-19-5-3-11)16(26-24-9)17-22-13-6-10-8-20-25-12(10)7-14(13)23-17/h10-14,17,19-20,22-23,25H,2-8H2,1H3,(H,21,27)(H,24,26). The van der Waals surface area contributed by atoms with E-state index in [4.69, 9.17) is 0 Å². The maximum absolute atomic E-state index is 13.0. The van der Waals surface area contributed by atoms with E-state index >= 15 is 0 Å². The van der Waals surface area contributed by atoms with Crippen molar-refractivity contribution in [2.75, 3.05) is 19.6 Å². The Labute approximate surface area is 159 Å². The van der Waals surface area contributed by atoms with Crippen LogP contribution in [0.2, 0.25) is 0 Å². The zero-order chi connectivity index (χ0) is 18.4. The number of aromatic amines is 1. The lowest BCUT2D eigenvalue weighted by Gasteiger charge is -2.33. The number of aromatic nitrogens is 2. The number of rotatable bonds is 3. The second-order valence-corrected chi connectivity index (χ2v) is 8.45. The van der Waals surface area contributed by atoms with Gasteiger partial charge >= 0.3 is 0 Å². The molecule has 5 atom stereocenters. The number of hydrogen-bond donors (Lipinski definition) is 7. The zero-order valence-corrected chi connectivity index (χ0v) is 15.8. The van der Waals surface area contributed by atoms with Crippen molar-refractivity contribution >= 4 is 5.91 Å². The first-order chi connectivity index (χ1) is 13.2. The predicted octanol–water partition coefficient (Wildman–Crippen LogP) is -0.985. The Morgan fingerprint density at radius 2 is 1.89 bits per heavy atom. The number of nitrogens with one attached hydrogen (secondary N) is 7. The Balaban J connectivity index is 1.30. The van der Waals surface area contributed by atoms with Crippen LogP contribution in [0.3, 0.4) is 0 Å². The van der Waals surface area contributed by atoms with Crippen LogP contribution in [-0.2, 0) is 0 Å². The molecular formula is C18H30N8O. The Kier molecular flexibility index (Phi) is 4.65. The van der Waals surface area contributed by atoms with E-state index in [9.17, 15) is 4.79 Å². The molecule has 9 heteroatoms. The van der Waals surface area contributed by atoms with E-state index in [-0.39, 0.29) is 18.1 Å². The summed E-state index contributed by atoms with van der Waals surface area (Å²) in [5, 5.41) is 21.4. The molecule has 1 aromatic rings. The van der Waals surface area contributed by atoms with Crippen molar-refractivity contribution in [1.29, 1.82) is 0 Å². The number of piperidine rings is 1. The highest BCUT2D eigenvalue weighted by Gasteiger charge is 2.45. The number of fused-ring (bicyclic) bond motifs is 2. The normalized spacial score (nSPS) is 36.4. The van der Waals surface area contributed by atoms with Crippen molar-refractivity contribution in [1.82, 2.24) is 42.3 Å². The van der Waals surface area contributed by atoms with E-state index in [2.05, 4.69) is 42.3 Å². The number of carbonyl (C=O) groups excluding carboxylic acids is 1. The molecule has 4 heterocycles. The summed E-state index contributed by atoms with van der Waals surface area (Å²) in [6, 6.07) is 1.60. The Morgan fingerprint density at radius 1 is 1.11 bits per heavy atom. The molecule has 27 heavy (non-hydrogen) atoms. The molecule has 9 nitrogen and oxygen atoms in total. The number of H-pyrrole nitrogens is 1. The van der Waals surface area contributed by atoms with Crippen LogP contribution in [0, 0.1) is 12.8 Å². The number of aryl methyl sites for hydroxylation is 1. The maximum Gasteiger partial charge on any atom is 0.255 e. The molecule has 4 aliphatic rings. The number of hydrazine groups is 1. The minimum absolute atomic E-state index is 0.00985. The van der Waals surface area contributed by atoms with E-state index in [1.54, 1.807) is 0 Å². The summed E-state index contributed by atoms with van der Waals surface area (Å²) >= 11 is 0. The largest absolute Gasteiger partial charge is 0.349 e. The highest BCUT2D eigenvalue weighted by molar-refractivity contribution is 5.96. The molecule has 7 N–H and O–H groups in total. The molecule has 0 aromatic carbocycles. The molecule has 0 spiro atoms. The van der Waals surface area contributed by atoms with Crippen LogP contribution in [0.4, 0.5) is 0 Å². The van der Waals surface area contributed by atoms with Crippen molar-refractivity contribution < 1.29 is 4.79 Å². The highest BCUT2D eigenvalue weighted by Crippen LogP contribution is 2.33. The molecule has 5 unspecified atom stereocenters. The minimum Gasteiger partial charge on any atom is -0.349 e. The monoisotopic (exact) mass is 374 g/mol. The molecule has 1 amide bonds. The van der Waals surface area contributed by atoms with Gasteiger partial charge in [-0.3, -0.25) is 31.4 Å². The summed E-state index contributed by atoms with van der Waals surface area (Å²) < 4.78 is 0. The highest BCUT2D eigenvalue weighted by atomic mass is 16.1. The molecule has 3 saturated heterocycles. The van der Waals surface area contributed by atoms with Gasteiger partial charge in [-0.25, -0.2) is 0 Å². The first kappa shape index (κ1) is 17.6. The lowest BCUT2D eigenvalue weighted by Crippen LogP contribution is -2.48. The molecule has 1 aromatic heterocycles. The van der Waals surface area contributed by atoms with Crippen molar-refractivity contribution in [2.24, 2.45) is 5.92 Å². The molecule has 3 aliphatic heterocycles. The van der Waals surface area contributed by atoms with Gasteiger partial charge < -0.3 is 10.6 Å². The second-order valence-electron chi connectivity index (χ2n) is 8.45. The van der Waals surface area contributed by atoms with E-state index in [1.165, 1.54) is 0 Å². The van der Waals surface area contributed by atoms with Gasteiger partial charge in [-0.15, -0.1) is 0 Å². The molecular weight excluding hydrogens is 344 g/mol. The lowest BCUT2D eigenvalue weighted by molar-refractivity contribution is 0.0927. The van der Waals surface area contributed by atoms with Crippen LogP contribution in [0.5, 0.6) is 0 Å². The fraction of sp³-hybridized carbons (Fsp3) is 0.778. The summed E-state index contributed by atoms with van der Waals surface area (Å²) in [5.74, 6) is 0.659. The third kappa shape index (κ3) is 3.27. The van der Waals surface area contributed by atoms with Crippen molar-refractivity contribution in [3.8, 4) is 0 Å². The fourth-order valence-electron chi connectivity index (χ4n) is 5.18. The Morgan fingerprint density at radius 3 is 2.70 bits per heavy atom. The number of amides is 1. The van der Waals surface area contributed by atoms with E-state index in [1.807, 2.05) is 6.92 Å². The van der Waals surface area contributed by atoms with Gasteiger partial charge in [-0.2, -0.15) is 5.10 Å². The van der Waals surface area contributed by atoms with Crippen LogP contribution < -0.4 is 32.1 Å². The van der Waals surface area contributed by atoms with Gasteiger partial charge in [-0.1, -0.05) is 0 Å². The van der Waals surface area contributed by atoms with Gasteiger partial charge in [0, 0.05) is 36.4 Å². The second kappa shape index (κ2) is 7.14. The van der Waals surface area contributed by atoms with E-state index < -0.39 is 0 Å². The molecule has 0 radical (unpaired) electrons. The first-order valence-corrected chi connectivity index (χ1v) is 10.3. The average Bonchev–Trinajstić information content (AvgIpc) is 3.37.